The molecule has 27 heavy (non-hydrogen) atoms. The van der Waals surface area contributed by atoms with E-state index in [9.17, 15) is 18.0 Å². The molecule has 1 aliphatic heterocycles. The molecule has 0 unspecified atom stereocenters. The van der Waals surface area contributed by atoms with Crippen molar-refractivity contribution in [3.05, 3.63) is 65.0 Å². The predicted octanol–water partition coefficient (Wildman–Crippen LogP) is 4.18. The van der Waals surface area contributed by atoms with Crippen molar-refractivity contribution in [2.75, 3.05) is 0 Å². The van der Waals surface area contributed by atoms with E-state index in [-0.39, 0.29) is 22.5 Å². The van der Waals surface area contributed by atoms with Crippen molar-refractivity contribution in [3.8, 4) is 0 Å². The maximum absolute atomic E-state index is 14.6. The Morgan fingerprint density at radius 1 is 1.07 bits per heavy atom. The monoisotopic (exact) mass is 397 g/mol. The van der Waals surface area contributed by atoms with Crippen molar-refractivity contribution in [2.24, 2.45) is 5.90 Å². The maximum atomic E-state index is 14.6. The lowest BCUT2D eigenvalue weighted by Gasteiger charge is -2.18. The van der Waals surface area contributed by atoms with Gasteiger partial charge in [-0.1, -0.05) is 0 Å². The van der Waals surface area contributed by atoms with Gasteiger partial charge in [-0.15, -0.1) is 9.32 Å². The molecular weight excluding hydrogens is 383 g/mol. The summed E-state index contributed by atoms with van der Waals surface area (Å²) in [6.07, 6.45) is 0. The Morgan fingerprint density at radius 3 is 2.33 bits per heavy atom. The second-order valence-corrected chi connectivity index (χ2v) is 6.97. The zero-order chi connectivity index (χ0) is 19.8. The summed E-state index contributed by atoms with van der Waals surface area (Å²) in [6, 6.07) is 6.64. The van der Waals surface area contributed by atoms with Crippen LogP contribution in [-0.4, -0.2) is 11.4 Å². The van der Waals surface area contributed by atoms with Gasteiger partial charge < -0.3 is 4.74 Å². The van der Waals surface area contributed by atoms with Crippen LogP contribution in [0.15, 0.2) is 41.3 Å². The molecule has 0 saturated heterocycles. The van der Waals surface area contributed by atoms with Gasteiger partial charge in [0.1, 0.15) is 23.2 Å². The molecule has 0 saturated carbocycles. The van der Waals surface area contributed by atoms with Crippen LogP contribution in [0.4, 0.5) is 13.2 Å². The standard InChI is InChI=1S/C18H14F3NO4S/c1-18(2)17(23)15(9-5-10(19)7-11(20)6-9)16(24-18)13-4-3-12(8-14(13)21)27-26-25-22/h3-8H,22H2,1-2H3. The Hall–Kier alpha value is -2.33. The Labute approximate surface area is 157 Å². The fraction of sp³-hybridized carbons (Fsp3) is 0.167. The molecule has 1 heterocycles. The molecule has 0 spiro atoms. The number of benzene rings is 2. The number of carbonyl (C=O) groups excluding carboxylic acids is 1. The maximum Gasteiger partial charge on any atom is 0.210 e. The third-order valence-corrected chi connectivity index (χ3v) is 4.46. The summed E-state index contributed by atoms with van der Waals surface area (Å²) in [5.41, 5.74) is -1.48. The molecule has 0 radical (unpaired) electrons. The van der Waals surface area contributed by atoms with Crippen molar-refractivity contribution in [3.63, 3.8) is 0 Å². The Morgan fingerprint density at radius 2 is 1.74 bits per heavy atom. The van der Waals surface area contributed by atoms with Crippen LogP contribution in [0.2, 0.25) is 0 Å². The lowest BCUT2D eigenvalue weighted by atomic mass is 9.92. The molecule has 3 rings (SSSR count). The van der Waals surface area contributed by atoms with Gasteiger partial charge in [-0.25, -0.2) is 13.2 Å². The highest BCUT2D eigenvalue weighted by atomic mass is 32.2. The highest BCUT2D eigenvalue weighted by Gasteiger charge is 2.43. The van der Waals surface area contributed by atoms with Crippen molar-refractivity contribution >= 4 is 29.2 Å². The van der Waals surface area contributed by atoms with Crippen molar-refractivity contribution in [2.45, 2.75) is 24.3 Å². The van der Waals surface area contributed by atoms with Gasteiger partial charge in [-0.2, -0.15) is 5.90 Å². The molecule has 0 bridgehead atoms. The Balaban J connectivity index is 2.14. The lowest BCUT2D eigenvalue weighted by Crippen LogP contribution is -2.29. The largest absolute Gasteiger partial charge is 0.478 e. The van der Waals surface area contributed by atoms with E-state index in [1.165, 1.54) is 26.0 Å². The van der Waals surface area contributed by atoms with Gasteiger partial charge in [0.05, 0.1) is 23.2 Å². The summed E-state index contributed by atoms with van der Waals surface area (Å²) < 4.78 is 52.1. The van der Waals surface area contributed by atoms with Gasteiger partial charge in [-0.3, -0.25) is 4.79 Å². The number of rotatable bonds is 5. The average Bonchev–Trinajstić information content (AvgIpc) is 2.82. The first-order valence-electron chi connectivity index (χ1n) is 7.67. The van der Waals surface area contributed by atoms with Crippen molar-refractivity contribution in [1.29, 1.82) is 0 Å². The molecule has 2 N–H and O–H groups in total. The van der Waals surface area contributed by atoms with Gasteiger partial charge in [0.25, 0.3) is 0 Å². The normalized spacial score (nSPS) is 16.0. The predicted molar refractivity (Wildman–Crippen MR) is 92.0 cm³/mol. The van der Waals surface area contributed by atoms with Gasteiger partial charge in [-0.05, 0) is 49.7 Å². The summed E-state index contributed by atoms with van der Waals surface area (Å²) in [5.74, 6) is 1.67. The summed E-state index contributed by atoms with van der Waals surface area (Å²) in [4.78, 5) is 17.0. The van der Waals surface area contributed by atoms with Gasteiger partial charge in [0.2, 0.25) is 5.78 Å². The van der Waals surface area contributed by atoms with E-state index >= 15 is 0 Å². The first kappa shape index (κ1) is 19.4. The second kappa shape index (κ2) is 7.35. The fourth-order valence-corrected chi connectivity index (χ4v) is 3.09. The van der Waals surface area contributed by atoms with E-state index in [4.69, 9.17) is 10.6 Å². The minimum atomic E-state index is -1.32. The van der Waals surface area contributed by atoms with E-state index in [0.717, 1.165) is 18.2 Å². The number of carbonyl (C=O) groups is 1. The van der Waals surface area contributed by atoms with Crippen LogP contribution >= 0.6 is 12.0 Å². The highest BCUT2D eigenvalue weighted by Crippen LogP contribution is 2.42. The first-order valence-corrected chi connectivity index (χ1v) is 8.41. The molecule has 9 heteroatoms. The fourth-order valence-electron chi connectivity index (χ4n) is 2.70. The van der Waals surface area contributed by atoms with E-state index in [2.05, 4.69) is 9.32 Å². The lowest BCUT2D eigenvalue weighted by molar-refractivity contribution is -0.195. The minimum absolute atomic E-state index is 0.0317. The smallest absolute Gasteiger partial charge is 0.210 e. The molecule has 142 valence electrons. The van der Waals surface area contributed by atoms with E-state index in [0.29, 0.717) is 23.0 Å². The van der Waals surface area contributed by atoms with Gasteiger partial charge >= 0.3 is 0 Å². The van der Waals surface area contributed by atoms with Crippen LogP contribution in [0.1, 0.15) is 25.0 Å². The average molecular weight is 397 g/mol. The Kier molecular flexibility index (Phi) is 5.29. The van der Waals surface area contributed by atoms with Crippen molar-refractivity contribution in [1.82, 2.24) is 0 Å². The number of Topliss-reactive ketones (excluding diaryl/α,β-unsaturated/α-hetero) is 1. The summed E-state index contributed by atoms with van der Waals surface area (Å²) in [5, 5.41) is 0. The summed E-state index contributed by atoms with van der Waals surface area (Å²) in [7, 11) is 0. The zero-order valence-corrected chi connectivity index (χ0v) is 15.0. The molecule has 1 aliphatic rings. The number of hydrogen-bond acceptors (Lipinski definition) is 6. The SMILES string of the molecule is CC1(C)OC(c2ccc(SOON)cc2F)=C(c2cc(F)cc(F)c2)C1=O. The van der Waals surface area contributed by atoms with Crippen LogP contribution < -0.4 is 5.90 Å². The molecule has 0 aliphatic carbocycles. The van der Waals surface area contributed by atoms with E-state index in [1.807, 2.05) is 0 Å². The Bertz CT molecular complexity index is 926. The summed E-state index contributed by atoms with van der Waals surface area (Å²) >= 11 is 0.677. The first-order chi connectivity index (χ1) is 12.7. The van der Waals surface area contributed by atoms with E-state index < -0.39 is 28.8 Å². The van der Waals surface area contributed by atoms with Crippen molar-refractivity contribution < 1.29 is 32.0 Å². The van der Waals surface area contributed by atoms with Gasteiger partial charge in [0.15, 0.2) is 5.60 Å². The molecule has 0 amide bonds. The molecular formula is C18H14F3NO4S. The van der Waals surface area contributed by atoms with E-state index in [1.54, 1.807) is 0 Å². The number of nitrogens with two attached hydrogens (primary N) is 1. The third kappa shape index (κ3) is 3.86. The second-order valence-electron chi connectivity index (χ2n) is 6.19. The molecule has 0 atom stereocenters. The quantitative estimate of drug-likeness (QED) is 0.464. The molecule has 5 nitrogen and oxygen atoms in total. The summed E-state index contributed by atoms with van der Waals surface area (Å²) in [6.45, 7) is 2.99. The zero-order valence-electron chi connectivity index (χ0n) is 14.2. The highest BCUT2D eigenvalue weighted by molar-refractivity contribution is 7.94. The van der Waals surface area contributed by atoms with Gasteiger partial charge in [0, 0.05) is 11.0 Å². The number of ether oxygens (including phenoxy) is 1. The van der Waals surface area contributed by atoms with Crippen LogP contribution in [0, 0.1) is 17.5 Å². The number of halogens is 3. The number of ketones is 1. The molecule has 2 aromatic carbocycles. The topological polar surface area (TPSA) is 70.8 Å². The molecule has 2 aromatic rings. The third-order valence-electron chi connectivity index (χ3n) is 3.86. The number of hydrogen-bond donors (Lipinski definition) is 1. The van der Waals surface area contributed by atoms with Crippen LogP contribution in [0.5, 0.6) is 0 Å². The molecule has 0 fully saturated rings. The minimum Gasteiger partial charge on any atom is -0.478 e. The molecule has 0 aromatic heterocycles. The van der Waals surface area contributed by atoms with Crippen LogP contribution in [-0.2, 0) is 18.9 Å². The van der Waals surface area contributed by atoms with Crippen LogP contribution in [0.25, 0.3) is 11.3 Å². The van der Waals surface area contributed by atoms with Crippen LogP contribution in [0.3, 0.4) is 0 Å².